The van der Waals surface area contributed by atoms with Crippen LogP contribution in [0.2, 0.25) is 0 Å². The first-order chi connectivity index (χ1) is 3.72. The maximum Gasteiger partial charge on any atom is 0.238 e. The van der Waals surface area contributed by atoms with Gasteiger partial charge >= 0.3 is 0 Å². The minimum atomic E-state index is 0.000000000000000222. The first-order valence-corrected chi connectivity index (χ1v) is 3.41. The third kappa shape index (κ3) is 0.855. The Labute approximate surface area is 57.2 Å². The molecule has 1 radical (unpaired) electrons. The quantitative estimate of drug-likeness (QED) is 0.468. The molecule has 1 fully saturated rings. The van der Waals surface area contributed by atoms with Crippen LogP contribution in [0.4, 0.5) is 0 Å². The number of thiocarbonyl (C=S) groups is 1. The second-order valence-electron chi connectivity index (χ2n) is 1.38. The van der Waals surface area contributed by atoms with Gasteiger partial charge in [-0.25, -0.2) is 0 Å². The molecule has 1 saturated heterocycles. The van der Waals surface area contributed by atoms with Crippen LogP contribution in [0.15, 0.2) is 0 Å². The summed E-state index contributed by atoms with van der Waals surface area (Å²) < 4.78 is 0.579. The van der Waals surface area contributed by atoms with Crippen molar-refractivity contribution in [3.63, 3.8) is 0 Å². The normalized spacial score (nSPS) is 20.4. The molecule has 1 aliphatic heterocycles. The number of amides is 1. The SMILES string of the molecule is [CH2]N1C(=O)CSC1=S. The zero-order valence-electron chi connectivity index (χ0n) is 4.09. The zero-order chi connectivity index (χ0) is 6.15. The number of nitrogens with zero attached hydrogens (tertiary/aromatic N) is 1. The Kier molecular flexibility index (Phi) is 1.53. The molecule has 4 heteroatoms. The summed E-state index contributed by atoms with van der Waals surface area (Å²) in [5.74, 6) is 0.461. The van der Waals surface area contributed by atoms with Crippen molar-refractivity contribution in [1.82, 2.24) is 4.90 Å². The molecule has 0 atom stereocenters. The highest BCUT2D eigenvalue weighted by Crippen LogP contribution is 2.17. The van der Waals surface area contributed by atoms with Crippen molar-refractivity contribution in [2.75, 3.05) is 5.75 Å². The molecule has 1 amide bonds. The van der Waals surface area contributed by atoms with Gasteiger partial charge in [0.2, 0.25) is 5.91 Å². The number of rotatable bonds is 0. The largest absolute Gasteiger partial charge is 0.295 e. The average Bonchev–Trinajstić information content (AvgIpc) is 1.98. The fourth-order valence-electron chi connectivity index (χ4n) is 0.381. The third-order valence-electron chi connectivity index (χ3n) is 0.841. The predicted molar refractivity (Wildman–Crippen MR) is 37.3 cm³/mol. The fraction of sp³-hybridized carbons (Fsp3) is 0.250. The fourth-order valence-corrected chi connectivity index (χ4v) is 1.32. The van der Waals surface area contributed by atoms with E-state index in [4.69, 9.17) is 12.2 Å². The smallest absolute Gasteiger partial charge is 0.238 e. The number of carbonyl (C=O) groups is 1. The van der Waals surface area contributed by atoms with Crippen molar-refractivity contribution in [3.05, 3.63) is 7.05 Å². The number of hydrogen-bond acceptors (Lipinski definition) is 3. The molecular weight excluding hydrogens is 142 g/mol. The van der Waals surface area contributed by atoms with Crippen molar-refractivity contribution in [1.29, 1.82) is 0 Å². The third-order valence-corrected chi connectivity index (χ3v) is 2.27. The van der Waals surface area contributed by atoms with Crippen molar-refractivity contribution in [2.45, 2.75) is 0 Å². The lowest BCUT2D eigenvalue weighted by Crippen LogP contribution is -2.20. The van der Waals surface area contributed by atoms with Crippen LogP contribution in [-0.4, -0.2) is 20.9 Å². The van der Waals surface area contributed by atoms with Crippen LogP contribution in [0, 0.1) is 7.05 Å². The van der Waals surface area contributed by atoms with Crippen LogP contribution in [0.25, 0.3) is 0 Å². The van der Waals surface area contributed by atoms with Gasteiger partial charge in [0.1, 0.15) is 4.32 Å². The predicted octanol–water partition coefficient (Wildman–Crippen LogP) is 0.638. The molecule has 0 aromatic carbocycles. The van der Waals surface area contributed by atoms with Gasteiger partial charge in [-0.3, -0.25) is 9.69 Å². The highest BCUT2D eigenvalue weighted by atomic mass is 32.2. The van der Waals surface area contributed by atoms with Crippen LogP contribution in [-0.2, 0) is 4.79 Å². The van der Waals surface area contributed by atoms with E-state index in [0.717, 1.165) is 0 Å². The van der Waals surface area contributed by atoms with Gasteiger partial charge in [-0.15, -0.1) is 0 Å². The van der Waals surface area contributed by atoms with Crippen molar-refractivity contribution in [3.8, 4) is 0 Å². The first-order valence-electron chi connectivity index (χ1n) is 2.02. The second kappa shape index (κ2) is 2.03. The Hall–Kier alpha value is -0.0900. The number of thioether (sulfide) groups is 1. The minimum Gasteiger partial charge on any atom is -0.295 e. The van der Waals surface area contributed by atoms with E-state index in [1.165, 1.54) is 16.7 Å². The van der Waals surface area contributed by atoms with E-state index < -0.39 is 0 Å². The van der Waals surface area contributed by atoms with Crippen molar-refractivity contribution in [2.24, 2.45) is 0 Å². The van der Waals surface area contributed by atoms with Gasteiger partial charge in [-0.1, -0.05) is 24.0 Å². The molecule has 0 bridgehead atoms. The molecule has 2 nitrogen and oxygen atoms in total. The van der Waals surface area contributed by atoms with Gasteiger partial charge in [0.15, 0.2) is 0 Å². The van der Waals surface area contributed by atoms with E-state index in [1.54, 1.807) is 0 Å². The highest BCUT2D eigenvalue weighted by Gasteiger charge is 2.21. The lowest BCUT2D eigenvalue weighted by atomic mass is 10.6. The van der Waals surface area contributed by atoms with E-state index in [9.17, 15) is 4.79 Å². The summed E-state index contributed by atoms with van der Waals surface area (Å²) in [4.78, 5) is 11.8. The maximum atomic E-state index is 10.5. The summed E-state index contributed by atoms with van der Waals surface area (Å²) in [7, 11) is 3.42. The molecule has 0 aliphatic carbocycles. The summed E-state index contributed by atoms with van der Waals surface area (Å²) in [6.07, 6.45) is 0. The minimum absolute atomic E-state index is 0.000000000000000222. The summed E-state index contributed by atoms with van der Waals surface area (Å²) >= 11 is 6.08. The van der Waals surface area contributed by atoms with Gasteiger partial charge in [0.25, 0.3) is 0 Å². The Morgan fingerprint density at radius 3 is 2.62 bits per heavy atom. The molecule has 1 heterocycles. The lowest BCUT2D eigenvalue weighted by molar-refractivity contribution is -0.122. The van der Waals surface area contributed by atoms with E-state index in [-0.39, 0.29) is 5.91 Å². The Morgan fingerprint density at radius 1 is 1.88 bits per heavy atom. The highest BCUT2D eigenvalue weighted by molar-refractivity contribution is 8.23. The maximum absolute atomic E-state index is 10.5. The molecule has 0 spiro atoms. The van der Waals surface area contributed by atoms with Crippen LogP contribution < -0.4 is 0 Å². The van der Waals surface area contributed by atoms with Crippen LogP contribution in [0.3, 0.4) is 0 Å². The Morgan fingerprint density at radius 2 is 2.50 bits per heavy atom. The van der Waals surface area contributed by atoms with Crippen LogP contribution in [0.1, 0.15) is 0 Å². The molecular formula is C4H4NOS2. The molecule has 0 saturated carbocycles. The van der Waals surface area contributed by atoms with E-state index in [2.05, 4.69) is 7.05 Å². The standard InChI is InChI=1S/C4H4NOS2/c1-5-3(6)2-8-4(5)7/h1-2H2. The Bertz CT molecular complexity index is 129. The first kappa shape index (κ1) is 6.04. The monoisotopic (exact) mass is 146 g/mol. The molecule has 0 unspecified atom stereocenters. The van der Waals surface area contributed by atoms with Gasteiger partial charge < -0.3 is 0 Å². The zero-order valence-corrected chi connectivity index (χ0v) is 5.72. The topological polar surface area (TPSA) is 20.3 Å². The molecule has 43 valence electrons. The molecule has 0 aromatic rings. The second-order valence-corrected chi connectivity index (χ2v) is 2.99. The van der Waals surface area contributed by atoms with Gasteiger partial charge in [-0.2, -0.15) is 0 Å². The van der Waals surface area contributed by atoms with Crippen LogP contribution in [0.5, 0.6) is 0 Å². The summed E-state index contributed by atoms with van der Waals surface area (Å²) in [5, 5.41) is 0. The summed E-state index contributed by atoms with van der Waals surface area (Å²) in [5.41, 5.74) is 0. The average molecular weight is 146 g/mol. The molecule has 1 rings (SSSR count). The lowest BCUT2D eigenvalue weighted by Gasteiger charge is -2.02. The van der Waals surface area contributed by atoms with Gasteiger partial charge in [0.05, 0.1) is 5.75 Å². The molecule has 0 aromatic heterocycles. The van der Waals surface area contributed by atoms with Gasteiger partial charge in [0, 0.05) is 7.05 Å². The molecule has 8 heavy (non-hydrogen) atoms. The van der Waals surface area contributed by atoms with Crippen molar-refractivity contribution < 1.29 is 4.79 Å². The van der Waals surface area contributed by atoms with E-state index in [1.807, 2.05) is 0 Å². The van der Waals surface area contributed by atoms with E-state index in [0.29, 0.717) is 10.1 Å². The number of carbonyl (C=O) groups excluding carboxylic acids is 1. The number of hydrogen-bond donors (Lipinski definition) is 0. The summed E-state index contributed by atoms with van der Waals surface area (Å²) in [6, 6.07) is 0. The van der Waals surface area contributed by atoms with E-state index >= 15 is 0 Å². The Balaban J connectivity index is 2.70. The molecule has 0 N–H and O–H groups in total. The van der Waals surface area contributed by atoms with Crippen LogP contribution >= 0.6 is 24.0 Å². The summed E-state index contributed by atoms with van der Waals surface area (Å²) in [6.45, 7) is 0. The van der Waals surface area contributed by atoms with Gasteiger partial charge in [-0.05, 0) is 0 Å². The van der Waals surface area contributed by atoms with Crippen molar-refractivity contribution >= 4 is 34.2 Å². The molecule has 1 aliphatic rings.